The average Bonchev–Trinajstić information content (AvgIpc) is 3.07. The van der Waals surface area contributed by atoms with Crippen LogP contribution in [0.4, 0.5) is 15.6 Å². The second-order valence-electron chi connectivity index (χ2n) is 5.67. The smallest absolute Gasteiger partial charge is 0.321 e. The van der Waals surface area contributed by atoms with Crippen LogP contribution >= 0.6 is 23.1 Å². The van der Waals surface area contributed by atoms with Crippen LogP contribution in [0.3, 0.4) is 0 Å². The minimum absolute atomic E-state index is 0.0265. The summed E-state index contributed by atoms with van der Waals surface area (Å²) >= 11 is 2.61. The first-order chi connectivity index (χ1) is 12.5. The second-order valence-corrected chi connectivity index (χ2v) is 7.87. The fourth-order valence-corrected chi connectivity index (χ4v) is 3.49. The van der Waals surface area contributed by atoms with Crippen molar-refractivity contribution in [2.75, 3.05) is 11.1 Å². The normalized spacial score (nSPS) is 11.7. The molecule has 1 aromatic carbocycles. The summed E-state index contributed by atoms with van der Waals surface area (Å²) in [4.78, 5) is 23.4. The van der Waals surface area contributed by atoms with Crippen molar-refractivity contribution in [1.29, 1.82) is 0 Å². The number of hydrogen-bond donors (Lipinski definition) is 3. The van der Waals surface area contributed by atoms with Crippen LogP contribution in [0.5, 0.6) is 0 Å². The third-order valence-electron chi connectivity index (χ3n) is 3.59. The summed E-state index contributed by atoms with van der Waals surface area (Å²) in [7, 11) is 0. The Kier molecular flexibility index (Phi) is 7.86. The second kappa shape index (κ2) is 10.1. The van der Waals surface area contributed by atoms with Crippen molar-refractivity contribution < 1.29 is 9.59 Å². The van der Waals surface area contributed by atoms with Gasteiger partial charge in [-0.05, 0) is 37.5 Å². The van der Waals surface area contributed by atoms with Crippen molar-refractivity contribution in [3.05, 3.63) is 29.8 Å². The molecule has 0 aliphatic carbocycles. The van der Waals surface area contributed by atoms with E-state index in [1.165, 1.54) is 28.7 Å². The number of aryl methyl sites for hydroxylation is 1. The Balaban J connectivity index is 1.78. The molecule has 26 heavy (non-hydrogen) atoms. The zero-order valence-corrected chi connectivity index (χ0v) is 16.7. The van der Waals surface area contributed by atoms with Crippen LogP contribution in [0.25, 0.3) is 0 Å². The zero-order valence-electron chi connectivity index (χ0n) is 15.0. The topological polar surface area (TPSA) is 96.0 Å². The Morgan fingerprint density at radius 1 is 1.19 bits per heavy atom. The van der Waals surface area contributed by atoms with Gasteiger partial charge in [0.05, 0.1) is 5.75 Å². The minimum atomic E-state index is -0.472. The number of nitrogens with one attached hydrogen (secondary N) is 3. The van der Waals surface area contributed by atoms with Crippen molar-refractivity contribution in [3.8, 4) is 0 Å². The molecule has 9 heteroatoms. The van der Waals surface area contributed by atoms with Crippen molar-refractivity contribution in [2.45, 2.75) is 44.0 Å². The van der Waals surface area contributed by atoms with Crippen LogP contribution < -0.4 is 16.0 Å². The van der Waals surface area contributed by atoms with Gasteiger partial charge in [-0.25, -0.2) is 4.79 Å². The lowest BCUT2D eigenvalue weighted by atomic mass is 10.1. The summed E-state index contributed by atoms with van der Waals surface area (Å²) in [5.74, 6) is -0.260. The van der Waals surface area contributed by atoms with Crippen LogP contribution in [-0.2, 0) is 11.2 Å². The molecule has 0 radical (unpaired) electrons. The molecule has 2 aromatic rings. The highest BCUT2D eigenvalue weighted by atomic mass is 32.2. The molecule has 0 aliphatic heterocycles. The highest BCUT2D eigenvalue weighted by Gasteiger charge is 2.12. The highest BCUT2D eigenvalue weighted by Crippen LogP contribution is 2.27. The first kappa shape index (κ1) is 20.2. The summed E-state index contributed by atoms with van der Waals surface area (Å²) in [6.45, 7) is 5.95. The number of carbonyl (C=O) groups excluding carboxylic acids is 2. The molecule has 3 amide bonds. The Labute approximate surface area is 161 Å². The predicted octanol–water partition coefficient (Wildman–Crippen LogP) is 3.56. The lowest BCUT2D eigenvalue weighted by molar-refractivity contribution is -0.117. The molecule has 0 saturated carbocycles. The summed E-state index contributed by atoms with van der Waals surface area (Å²) in [6.07, 6.45) is 1.80. The molecule has 3 N–H and O–H groups in total. The maximum absolute atomic E-state index is 11.8. The molecule has 0 saturated heterocycles. The molecule has 140 valence electrons. The van der Waals surface area contributed by atoms with Crippen molar-refractivity contribution in [2.24, 2.45) is 0 Å². The molecule has 7 nitrogen and oxygen atoms in total. The van der Waals surface area contributed by atoms with Gasteiger partial charge in [0.25, 0.3) is 0 Å². The van der Waals surface area contributed by atoms with Crippen molar-refractivity contribution in [3.63, 3.8) is 0 Å². The van der Waals surface area contributed by atoms with Gasteiger partial charge in [0.15, 0.2) is 4.34 Å². The number of hydrogen-bond acceptors (Lipinski definition) is 7. The monoisotopic (exact) mass is 393 g/mol. The van der Waals surface area contributed by atoms with Crippen molar-refractivity contribution >= 4 is 45.9 Å². The number of carbonyl (C=O) groups is 2. The molecule has 0 fully saturated rings. The van der Waals surface area contributed by atoms with Crippen molar-refractivity contribution in [1.82, 2.24) is 20.8 Å². The van der Waals surface area contributed by atoms with E-state index >= 15 is 0 Å². The van der Waals surface area contributed by atoms with Gasteiger partial charge in [0.2, 0.25) is 11.0 Å². The van der Waals surface area contributed by atoms with Gasteiger partial charge in [-0.1, -0.05) is 49.1 Å². The molecular weight excluding hydrogens is 370 g/mol. The maximum Gasteiger partial charge on any atom is 0.321 e. The van der Waals surface area contributed by atoms with Crippen LogP contribution in [0, 0.1) is 0 Å². The van der Waals surface area contributed by atoms with Crippen LogP contribution in [-0.4, -0.2) is 33.9 Å². The number of thioether (sulfide) groups is 1. The van der Waals surface area contributed by atoms with E-state index in [0.717, 1.165) is 18.5 Å². The van der Waals surface area contributed by atoms with E-state index in [-0.39, 0.29) is 17.7 Å². The molecule has 0 spiro atoms. The fraction of sp³-hybridized carbons (Fsp3) is 0.412. The predicted molar refractivity (Wildman–Crippen MR) is 106 cm³/mol. The van der Waals surface area contributed by atoms with E-state index in [1.807, 2.05) is 26.0 Å². The van der Waals surface area contributed by atoms with Gasteiger partial charge in [-0.15, -0.1) is 10.2 Å². The van der Waals surface area contributed by atoms with Gasteiger partial charge in [-0.2, -0.15) is 0 Å². The number of amides is 3. The quantitative estimate of drug-likeness (QED) is 0.594. The SMILES string of the molecule is CCc1ccc(Nc2nnc(SCC(=O)NC(=O)N[C@H](C)CC)s2)cc1. The molecule has 1 atom stereocenters. The summed E-state index contributed by atoms with van der Waals surface area (Å²) in [6, 6.07) is 7.67. The molecule has 0 aliphatic rings. The lowest BCUT2D eigenvalue weighted by Gasteiger charge is -2.11. The van der Waals surface area contributed by atoms with E-state index in [4.69, 9.17) is 0 Å². The van der Waals surface area contributed by atoms with Gasteiger partial charge < -0.3 is 10.6 Å². The number of urea groups is 1. The average molecular weight is 394 g/mol. The summed E-state index contributed by atoms with van der Waals surface area (Å²) < 4.78 is 0.662. The van der Waals surface area contributed by atoms with E-state index in [0.29, 0.717) is 9.47 Å². The number of benzene rings is 1. The highest BCUT2D eigenvalue weighted by molar-refractivity contribution is 8.01. The largest absolute Gasteiger partial charge is 0.335 e. The van der Waals surface area contributed by atoms with E-state index in [9.17, 15) is 9.59 Å². The minimum Gasteiger partial charge on any atom is -0.335 e. The lowest BCUT2D eigenvalue weighted by Crippen LogP contribution is -2.43. The van der Waals surface area contributed by atoms with Crippen LogP contribution in [0.15, 0.2) is 28.6 Å². The summed E-state index contributed by atoms with van der Waals surface area (Å²) in [5.41, 5.74) is 2.21. The Morgan fingerprint density at radius 3 is 2.58 bits per heavy atom. The van der Waals surface area contributed by atoms with Gasteiger partial charge >= 0.3 is 6.03 Å². The third kappa shape index (κ3) is 6.64. The summed E-state index contributed by atoms with van der Waals surface area (Å²) in [5, 5.41) is 17.0. The number of anilines is 2. The van der Waals surface area contributed by atoms with Gasteiger partial charge in [0.1, 0.15) is 0 Å². The molecule has 1 heterocycles. The number of nitrogens with zero attached hydrogens (tertiary/aromatic N) is 2. The molecule has 0 bridgehead atoms. The number of rotatable bonds is 8. The maximum atomic E-state index is 11.8. The number of imide groups is 1. The molecule has 2 rings (SSSR count). The van der Waals surface area contributed by atoms with E-state index in [1.54, 1.807) is 0 Å². The fourth-order valence-electron chi connectivity index (χ4n) is 1.92. The van der Waals surface area contributed by atoms with Crippen LogP contribution in [0.1, 0.15) is 32.8 Å². The van der Waals surface area contributed by atoms with Gasteiger partial charge in [-0.3, -0.25) is 10.1 Å². The Hall–Kier alpha value is -2.13. The molecule has 0 unspecified atom stereocenters. The molecular formula is C17H23N5O2S2. The molecule has 1 aromatic heterocycles. The Bertz CT molecular complexity index is 733. The first-order valence-electron chi connectivity index (χ1n) is 8.42. The van der Waals surface area contributed by atoms with Crippen LogP contribution in [0.2, 0.25) is 0 Å². The third-order valence-corrected chi connectivity index (χ3v) is 5.56. The van der Waals surface area contributed by atoms with E-state index < -0.39 is 6.03 Å². The number of aromatic nitrogens is 2. The first-order valence-corrected chi connectivity index (χ1v) is 10.2. The Morgan fingerprint density at radius 2 is 1.92 bits per heavy atom. The standard InChI is InChI=1S/C17H23N5O2S2/c1-4-11(3)18-15(24)20-14(23)10-25-17-22-21-16(26-17)19-13-8-6-12(5-2)7-9-13/h6-9,11H,4-5,10H2,1-3H3,(H,19,21)(H2,18,20,23,24)/t11-/m1/s1. The zero-order chi connectivity index (χ0) is 18.9. The van der Waals surface area contributed by atoms with Gasteiger partial charge in [0, 0.05) is 11.7 Å². The van der Waals surface area contributed by atoms with E-state index in [2.05, 4.69) is 45.2 Å².